The normalized spacial score (nSPS) is 10.2. The molecule has 0 radical (unpaired) electrons. The van der Waals surface area contributed by atoms with Gasteiger partial charge in [0.25, 0.3) is 0 Å². The second-order valence-electron chi connectivity index (χ2n) is 4.31. The summed E-state index contributed by atoms with van der Waals surface area (Å²) in [6.45, 7) is 0.114. The molecule has 110 valence electrons. The van der Waals surface area contributed by atoms with Gasteiger partial charge in [0.1, 0.15) is 12.4 Å². The standard InChI is InChI=1S/C15H13BrClNO3/c1-20-13-2-3-14(16)10(6-13)8-21-15(19)9-4-11(17)7-12(18)5-9/h2-7H,8,18H2,1H3. The van der Waals surface area contributed by atoms with Gasteiger partial charge in [-0.3, -0.25) is 0 Å². The molecule has 4 nitrogen and oxygen atoms in total. The molecule has 21 heavy (non-hydrogen) atoms. The van der Waals surface area contributed by atoms with E-state index in [0.29, 0.717) is 22.0 Å². The molecular formula is C15H13BrClNO3. The van der Waals surface area contributed by atoms with Gasteiger partial charge >= 0.3 is 5.97 Å². The number of hydrogen-bond donors (Lipinski definition) is 1. The van der Waals surface area contributed by atoms with Crippen LogP contribution in [0.3, 0.4) is 0 Å². The molecule has 0 aliphatic carbocycles. The van der Waals surface area contributed by atoms with Crippen molar-refractivity contribution in [2.75, 3.05) is 12.8 Å². The van der Waals surface area contributed by atoms with E-state index >= 15 is 0 Å². The Hall–Kier alpha value is -1.72. The first-order valence-electron chi connectivity index (χ1n) is 6.05. The van der Waals surface area contributed by atoms with Crippen LogP contribution in [0.25, 0.3) is 0 Å². The lowest BCUT2D eigenvalue weighted by Crippen LogP contribution is -2.06. The van der Waals surface area contributed by atoms with Crippen LogP contribution in [0.2, 0.25) is 5.02 Å². The molecule has 0 saturated carbocycles. The molecule has 0 unspecified atom stereocenters. The number of hydrogen-bond acceptors (Lipinski definition) is 4. The summed E-state index contributed by atoms with van der Waals surface area (Å²) >= 11 is 9.27. The molecule has 0 saturated heterocycles. The predicted octanol–water partition coefficient (Wildman–Crippen LogP) is 4.05. The number of halogens is 2. The molecular weight excluding hydrogens is 358 g/mol. The van der Waals surface area contributed by atoms with E-state index < -0.39 is 5.97 Å². The van der Waals surface area contributed by atoms with Crippen molar-refractivity contribution in [2.45, 2.75) is 6.61 Å². The highest BCUT2D eigenvalue weighted by molar-refractivity contribution is 9.10. The Bertz CT molecular complexity index is 656. The zero-order valence-corrected chi connectivity index (χ0v) is 13.6. The first kappa shape index (κ1) is 15.7. The van der Waals surface area contributed by atoms with Crippen LogP contribution in [0.4, 0.5) is 5.69 Å². The van der Waals surface area contributed by atoms with Crippen molar-refractivity contribution in [1.29, 1.82) is 0 Å². The topological polar surface area (TPSA) is 61.5 Å². The van der Waals surface area contributed by atoms with Crippen LogP contribution in [-0.2, 0) is 11.3 Å². The summed E-state index contributed by atoms with van der Waals surface area (Å²) in [5.41, 5.74) is 7.19. The maximum atomic E-state index is 12.0. The second-order valence-corrected chi connectivity index (χ2v) is 5.60. The molecule has 6 heteroatoms. The first-order chi connectivity index (χ1) is 9.99. The third-order valence-electron chi connectivity index (χ3n) is 2.77. The van der Waals surface area contributed by atoms with Gasteiger partial charge < -0.3 is 15.2 Å². The molecule has 0 fully saturated rings. The van der Waals surface area contributed by atoms with E-state index in [1.165, 1.54) is 12.1 Å². The number of ether oxygens (including phenoxy) is 2. The molecule has 0 atom stereocenters. The summed E-state index contributed by atoms with van der Waals surface area (Å²) in [6, 6.07) is 10.0. The number of methoxy groups -OCH3 is 1. The van der Waals surface area contributed by atoms with Crippen molar-refractivity contribution in [1.82, 2.24) is 0 Å². The molecule has 0 aliphatic heterocycles. The highest BCUT2D eigenvalue weighted by Crippen LogP contribution is 2.24. The fraction of sp³-hybridized carbons (Fsp3) is 0.133. The second kappa shape index (κ2) is 6.83. The van der Waals surface area contributed by atoms with Gasteiger partial charge in [0.05, 0.1) is 12.7 Å². The maximum absolute atomic E-state index is 12.0. The van der Waals surface area contributed by atoms with Crippen molar-refractivity contribution < 1.29 is 14.3 Å². The lowest BCUT2D eigenvalue weighted by atomic mass is 10.2. The Balaban J connectivity index is 2.10. The highest BCUT2D eigenvalue weighted by atomic mass is 79.9. The molecule has 0 aromatic heterocycles. The first-order valence-corrected chi connectivity index (χ1v) is 7.22. The number of benzene rings is 2. The predicted molar refractivity (Wildman–Crippen MR) is 85.7 cm³/mol. The number of carbonyl (C=O) groups is 1. The van der Waals surface area contributed by atoms with Gasteiger partial charge in [-0.25, -0.2) is 4.79 Å². The van der Waals surface area contributed by atoms with Crippen molar-refractivity contribution in [2.24, 2.45) is 0 Å². The quantitative estimate of drug-likeness (QED) is 0.651. The Kier molecular flexibility index (Phi) is 5.09. The lowest BCUT2D eigenvalue weighted by molar-refractivity contribution is 0.0471. The van der Waals surface area contributed by atoms with Gasteiger partial charge in [0.15, 0.2) is 0 Å². The number of rotatable bonds is 4. The average Bonchev–Trinajstić information content (AvgIpc) is 2.45. The lowest BCUT2D eigenvalue weighted by Gasteiger charge is -2.09. The minimum atomic E-state index is -0.487. The number of carbonyl (C=O) groups excluding carboxylic acids is 1. The third kappa shape index (κ3) is 4.12. The van der Waals surface area contributed by atoms with E-state index in [1.807, 2.05) is 12.1 Å². The number of anilines is 1. The molecule has 0 amide bonds. The summed E-state index contributed by atoms with van der Waals surface area (Å²) in [6.07, 6.45) is 0. The van der Waals surface area contributed by atoms with Gasteiger partial charge in [-0.15, -0.1) is 0 Å². The molecule has 0 aliphatic rings. The molecule has 2 rings (SSSR count). The molecule has 2 aromatic rings. The Morgan fingerprint density at radius 3 is 2.71 bits per heavy atom. The van der Waals surface area contributed by atoms with E-state index in [2.05, 4.69) is 15.9 Å². The molecule has 0 heterocycles. The highest BCUT2D eigenvalue weighted by Gasteiger charge is 2.11. The monoisotopic (exact) mass is 369 g/mol. The fourth-order valence-electron chi connectivity index (χ4n) is 1.75. The van der Waals surface area contributed by atoms with Gasteiger partial charge in [0.2, 0.25) is 0 Å². The van der Waals surface area contributed by atoms with Crippen LogP contribution >= 0.6 is 27.5 Å². The largest absolute Gasteiger partial charge is 0.497 e. The van der Waals surface area contributed by atoms with E-state index in [9.17, 15) is 4.79 Å². The van der Waals surface area contributed by atoms with Gasteiger partial charge in [0, 0.05) is 20.7 Å². The minimum Gasteiger partial charge on any atom is -0.497 e. The van der Waals surface area contributed by atoms with Gasteiger partial charge in [-0.2, -0.15) is 0 Å². The Labute approximate surface area is 135 Å². The molecule has 2 aromatic carbocycles. The summed E-state index contributed by atoms with van der Waals surface area (Å²) < 4.78 is 11.2. The van der Waals surface area contributed by atoms with E-state index in [0.717, 1.165) is 10.0 Å². The molecule has 0 bridgehead atoms. The number of nitrogens with two attached hydrogens (primary N) is 1. The van der Waals surface area contributed by atoms with Crippen molar-refractivity contribution in [3.05, 3.63) is 57.0 Å². The Morgan fingerprint density at radius 1 is 1.29 bits per heavy atom. The summed E-state index contributed by atoms with van der Waals surface area (Å²) in [7, 11) is 1.58. The number of esters is 1. The van der Waals surface area contributed by atoms with Crippen LogP contribution in [0.5, 0.6) is 5.75 Å². The molecule has 0 spiro atoms. The summed E-state index contributed by atoms with van der Waals surface area (Å²) in [5.74, 6) is 0.204. The maximum Gasteiger partial charge on any atom is 0.338 e. The van der Waals surface area contributed by atoms with Crippen LogP contribution in [0.15, 0.2) is 40.9 Å². The summed E-state index contributed by atoms with van der Waals surface area (Å²) in [4.78, 5) is 12.0. The van der Waals surface area contributed by atoms with E-state index in [1.54, 1.807) is 19.2 Å². The van der Waals surface area contributed by atoms with Crippen molar-refractivity contribution in [3.63, 3.8) is 0 Å². The van der Waals surface area contributed by atoms with Crippen LogP contribution < -0.4 is 10.5 Å². The number of nitrogen functional groups attached to an aromatic ring is 1. The van der Waals surface area contributed by atoms with Gasteiger partial charge in [-0.1, -0.05) is 27.5 Å². The Morgan fingerprint density at radius 2 is 2.05 bits per heavy atom. The molecule has 2 N–H and O–H groups in total. The van der Waals surface area contributed by atoms with E-state index in [4.69, 9.17) is 26.8 Å². The summed E-state index contributed by atoms with van der Waals surface area (Å²) in [5, 5.41) is 0.393. The SMILES string of the molecule is COc1ccc(Br)c(COC(=O)c2cc(N)cc(Cl)c2)c1. The minimum absolute atomic E-state index is 0.114. The zero-order chi connectivity index (χ0) is 15.4. The smallest absolute Gasteiger partial charge is 0.338 e. The van der Waals surface area contributed by atoms with Gasteiger partial charge in [-0.05, 0) is 36.4 Å². The van der Waals surface area contributed by atoms with Crippen LogP contribution in [0.1, 0.15) is 15.9 Å². The van der Waals surface area contributed by atoms with Crippen molar-refractivity contribution in [3.8, 4) is 5.75 Å². The van der Waals surface area contributed by atoms with Crippen LogP contribution in [-0.4, -0.2) is 13.1 Å². The van der Waals surface area contributed by atoms with Crippen LogP contribution in [0, 0.1) is 0 Å². The third-order valence-corrected chi connectivity index (χ3v) is 3.76. The average molecular weight is 371 g/mol. The van der Waals surface area contributed by atoms with E-state index in [-0.39, 0.29) is 6.61 Å². The fourth-order valence-corrected chi connectivity index (χ4v) is 2.35. The zero-order valence-electron chi connectivity index (χ0n) is 11.2. The van der Waals surface area contributed by atoms with Crippen molar-refractivity contribution >= 4 is 39.2 Å².